The van der Waals surface area contributed by atoms with Crippen LogP contribution in [0.5, 0.6) is 0 Å². The fourth-order valence-electron chi connectivity index (χ4n) is 2.93. The predicted molar refractivity (Wildman–Crippen MR) is 97.8 cm³/mol. The van der Waals surface area contributed by atoms with Gasteiger partial charge in [-0.2, -0.15) is 0 Å². The topological polar surface area (TPSA) is 90.0 Å². The minimum Gasteiger partial charge on any atom is -0.478 e. The van der Waals surface area contributed by atoms with Gasteiger partial charge in [0.05, 0.1) is 5.56 Å². The van der Waals surface area contributed by atoms with Crippen LogP contribution in [0.4, 0.5) is 4.79 Å². The van der Waals surface area contributed by atoms with Crippen LogP contribution in [0.1, 0.15) is 42.6 Å². The van der Waals surface area contributed by atoms with E-state index >= 15 is 0 Å². The summed E-state index contributed by atoms with van der Waals surface area (Å²) in [6.07, 6.45) is 1.35. The zero-order valence-corrected chi connectivity index (χ0v) is 15.6. The molecule has 0 radical (unpaired) electrons. The first-order valence-electron chi connectivity index (χ1n) is 8.91. The average molecular weight is 361 g/mol. The number of carbonyl (C=O) groups is 3. The highest BCUT2D eigenvalue weighted by atomic mass is 16.4. The molecule has 0 aromatic heterocycles. The number of benzene rings is 1. The molecule has 1 aliphatic rings. The first kappa shape index (κ1) is 19.8. The molecule has 0 unspecified atom stereocenters. The summed E-state index contributed by atoms with van der Waals surface area (Å²) in [5.74, 6) is -0.838. The maximum absolute atomic E-state index is 12.4. The van der Waals surface area contributed by atoms with Gasteiger partial charge in [0.15, 0.2) is 0 Å². The number of aromatic carboxylic acids is 1. The lowest BCUT2D eigenvalue weighted by atomic mass is 9.95. The number of urea groups is 1. The molecular formula is C19H27N3O4. The van der Waals surface area contributed by atoms with Gasteiger partial charge in [0.25, 0.3) is 0 Å². The maximum Gasteiger partial charge on any atom is 0.335 e. The van der Waals surface area contributed by atoms with Crippen LogP contribution in [0.15, 0.2) is 24.3 Å². The Balaban J connectivity index is 1.79. The highest BCUT2D eigenvalue weighted by molar-refractivity contribution is 5.87. The smallest absolute Gasteiger partial charge is 0.335 e. The van der Waals surface area contributed by atoms with Crippen LogP contribution in [-0.4, -0.2) is 59.0 Å². The van der Waals surface area contributed by atoms with E-state index in [0.717, 1.165) is 5.56 Å². The molecule has 0 bridgehead atoms. The van der Waals surface area contributed by atoms with Gasteiger partial charge in [-0.05, 0) is 44.4 Å². The zero-order valence-electron chi connectivity index (χ0n) is 15.6. The lowest BCUT2D eigenvalue weighted by molar-refractivity contribution is -0.137. The van der Waals surface area contributed by atoms with E-state index in [9.17, 15) is 14.4 Å². The monoisotopic (exact) mass is 361 g/mol. The Morgan fingerprint density at radius 1 is 1.19 bits per heavy atom. The van der Waals surface area contributed by atoms with Crippen molar-refractivity contribution in [3.05, 3.63) is 35.4 Å². The second-order valence-electron chi connectivity index (χ2n) is 6.96. The van der Waals surface area contributed by atoms with Crippen LogP contribution in [0.25, 0.3) is 0 Å². The molecule has 26 heavy (non-hydrogen) atoms. The Kier molecular flexibility index (Phi) is 6.60. The number of rotatable bonds is 5. The fraction of sp³-hybridized carbons (Fsp3) is 0.526. The molecule has 1 aromatic rings. The van der Waals surface area contributed by atoms with Gasteiger partial charge in [-0.25, -0.2) is 9.59 Å². The number of nitrogens with zero attached hydrogens (tertiary/aromatic N) is 2. The molecule has 0 saturated carbocycles. The molecule has 0 aliphatic carbocycles. The van der Waals surface area contributed by atoms with E-state index in [2.05, 4.69) is 5.32 Å². The molecule has 3 amide bonds. The molecule has 7 nitrogen and oxygen atoms in total. The molecule has 7 heteroatoms. The number of carbonyl (C=O) groups excluding carboxylic acids is 2. The molecular weight excluding hydrogens is 334 g/mol. The second-order valence-corrected chi connectivity index (χ2v) is 6.96. The molecule has 0 atom stereocenters. The molecule has 2 N–H and O–H groups in total. The normalized spacial score (nSPS) is 15.0. The van der Waals surface area contributed by atoms with Gasteiger partial charge in [0, 0.05) is 38.6 Å². The largest absolute Gasteiger partial charge is 0.478 e. The molecule has 2 rings (SSSR count). The van der Waals surface area contributed by atoms with Gasteiger partial charge in [0.1, 0.15) is 0 Å². The summed E-state index contributed by atoms with van der Waals surface area (Å²) >= 11 is 0. The van der Waals surface area contributed by atoms with Crippen LogP contribution in [0.3, 0.4) is 0 Å². The summed E-state index contributed by atoms with van der Waals surface area (Å²) < 4.78 is 0. The summed E-state index contributed by atoms with van der Waals surface area (Å²) in [6.45, 7) is 5.44. The van der Waals surface area contributed by atoms with E-state index in [0.29, 0.717) is 32.5 Å². The number of hydrogen-bond acceptors (Lipinski definition) is 3. The van der Waals surface area contributed by atoms with E-state index in [1.165, 1.54) is 12.1 Å². The summed E-state index contributed by atoms with van der Waals surface area (Å²) in [7, 11) is 1.82. The zero-order chi connectivity index (χ0) is 19.3. The maximum atomic E-state index is 12.4. The van der Waals surface area contributed by atoms with Crippen molar-refractivity contribution in [3.63, 3.8) is 0 Å². The van der Waals surface area contributed by atoms with Crippen molar-refractivity contribution in [1.82, 2.24) is 15.1 Å². The van der Waals surface area contributed by atoms with Crippen molar-refractivity contribution in [2.45, 2.75) is 39.3 Å². The van der Waals surface area contributed by atoms with E-state index in [1.807, 2.05) is 20.9 Å². The SMILES string of the molecule is CC(C)N(C)C(=O)C1CCN(C(=O)NCc2ccc(C(=O)O)cc2)CC1. The van der Waals surface area contributed by atoms with Crippen LogP contribution in [0.2, 0.25) is 0 Å². The molecule has 1 aliphatic heterocycles. The first-order valence-corrected chi connectivity index (χ1v) is 8.91. The van der Waals surface area contributed by atoms with Crippen LogP contribution in [-0.2, 0) is 11.3 Å². The third-order valence-electron chi connectivity index (χ3n) is 4.90. The summed E-state index contributed by atoms with van der Waals surface area (Å²) in [4.78, 5) is 39.0. The third kappa shape index (κ3) is 4.97. The Morgan fingerprint density at radius 3 is 2.27 bits per heavy atom. The van der Waals surface area contributed by atoms with Gasteiger partial charge in [0.2, 0.25) is 5.91 Å². The Morgan fingerprint density at radius 2 is 1.77 bits per heavy atom. The number of carboxylic acid groups (broad SMARTS) is 1. The number of carboxylic acids is 1. The van der Waals surface area contributed by atoms with Crippen molar-refractivity contribution in [1.29, 1.82) is 0 Å². The third-order valence-corrected chi connectivity index (χ3v) is 4.90. The average Bonchev–Trinajstić information content (AvgIpc) is 2.65. The van der Waals surface area contributed by atoms with Crippen molar-refractivity contribution in [3.8, 4) is 0 Å². The lowest BCUT2D eigenvalue weighted by Gasteiger charge is -2.34. The number of nitrogens with one attached hydrogen (secondary N) is 1. The second kappa shape index (κ2) is 8.69. The predicted octanol–water partition coefficient (Wildman–Crippen LogP) is 2.17. The Bertz CT molecular complexity index is 649. The molecule has 1 fully saturated rings. The van der Waals surface area contributed by atoms with Gasteiger partial charge in [-0.3, -0.25) is 4.79 Å². The quantitative estimate of drug-likeness (QED) is 0.841. The molecule has 0 spiro atoms. The summed E-state index contributed by atoms with van der Waals surface area (Å²) in [5, 5.41) is 11.7. The van der Waals surface area contributed by atoms with Crippen LogP contribution < -0.4 is 5.32 Å². The van der Waals surface area contributed by atoms with Crippen molar-refractivity contribution < 1.29 is 19.5 Å². The highest BCUT2D eigenvalue weighted by Gasteiger charge is 2.29. The Labute approximate surface area is 154 Å². The highest BCUT2D eigenvalue weighted by Crippen LogP contribution is 2.20. The number of amides is 3. The Hall–Kier alpha value is -2.57. The minimum atomic E-state index is -0.971. The molecule has 1 saturated heterocycles. The van der Waals surface area contributed by atoms with Crippen LogP contribution in [0, 0.1) is 5.92 Å². The number of piperidine rings is 1. The summed E-state index contributed by atoms with van der Waals surface area (Å²) in [5.41, 5.74) is 1.06. The van der Waals surface area contributed by atoms with E-state index in [-0.39, 0.29) is 29.5 Å². The van der Waals surface area contributed by atoms with Crippen molar-refractivity contribution in [2.75, 3.05) is 20.1 Å². The van der Waals surface area contributed by atoms with E-state index < -0.39 is 5.97 Å². The van der Waals surface area contributed by atoms with E-state index in [4.69, 9.17) is 5.11 Å². The van der Waals surface area contributed by atoms with Crippen LogP contribution >= 0.6 is 0 Å². The first-order chi connectivity index (χ1) is 12.3. The van der Waals surface area contributed by atoms with Gasteiger partial charge < -0.3 is 20.2 Å². The molecule has 1 heterocycles. The van der Waals surface area contributed by atoms with Crippen molar-refractivity contribution in [2.24, 2.45) is 5.92 Å². The standard InChI is InChI=1S/C19H27N3O4/c1-13(2)21(3)17(23)15-8-10-22(11-9-15)19(26)20-12-14-4-6-16(7-5-14)18(24)25/h4-7,13,15H,8-12H2,1-3H3,(H,20,26)(H,24,25). The lowest BCUT2D eigenvalue weighted by Crippen LogP contribution is -2.47. The van der Waals surface area contributed by atoms with E-state index in [1.54, 1.807) is 21.9 Å². The molecule has 1 aromatic carbocycles. The minimum absolute atomic E-state index is 0.0185. The fourth-order valence-corrected chi connectivity index (χ4v) is 2.93. The number of likely N-dealkylation sites (tertiary alicyclic amines) is 1. The number of hydrogen-bond donors (Lipinski definition) is 2. The summed E-state index contributed by atoms with van der Waals surface area (Å²) in [6, 6.07) is 6.44. The van der Waals surface area contributed by atoms with Gasteiger partial charge in [-0.15, -0.1) is 0 Å². The van der Waals surface area contributed by atoms with Crippen molar-refractivity contribution >= 4 is 17.9 Å². The molecule has 142 valence electrons. The van der Waals surface area contributed by atoms with Gasteiger partial charge >= 0.3 is 12.0 Å². The van der Waals surface area contributed by atoms with Gasteiger partial charge in [-0.1, -0.05) is 12.1 Å².